The molecule has 0 bridgehead atoms. The second-order valence-electron chi connectivity index (χ2n) is 8.99. The van der Waals surface area contributed by atoms with Crippen LogP contribution in [0.4, 0.5) is 0 Å². The molecule has 1 aliphatic heterocycles. The van der Waals surface area contributed by atoms with Crippen LogP contribution in [0.25, 0.3) is 0 Å². The monoisotopic (exact) mass is 364 g/mol. The molecule has 0 saturated heterocycles. The van der Waals surface area contributed by atoms with Crippen LogP contribution in [0, 0.1) is 0 Å². The maximum absolute atomic E-state index is 11.5. The Morgan fingerprint density at radius 2 is 1.92 bits per heavy atom. The number of carboxylic acids is 1. The van der Waals surface area contributed by atoms with Crippen molar-refractivity contribution in [1.82, 2.24) is 9.88 Å². The fourth-order valence-electron chi connectivity index (χ4n) is 2.63. The summed E-state index contributed by atoms with van der Waals surface area (Å²) in [5, 5.41) is 9.61. The van der Waals surface area contributed by atoms with Gasteiger partial charge in [-0.25, -0.2) is 0 Å². The van der Waals surface area contributed by atoms with Gasteiger partial charge in [0.05, 0.1) is 12.3 Å². The number of hydrogen-bond acceptors (Lipinski definition) is 4. The lowest BCUT2D eigenvalue weighted by molar-refractivity contribution is -0.150. The molecule has 0 radical (unpaired) electrons. The zero-order chi connectivity index (χ0) is 19.0. The van der Waals surface area contributed by atoms with Gasteiger partial charge in [0.25, 0.3) is 0 Å². The van der Waals surface area contributed by atoms with Gasteiger partial charge in [0.2, 0.25) is 0 Å². The van der Waals surface area contributed by atoms with E-state index in [9.17, 15) is 9.90 Å². The number of carbonyl (C=O) groups is 1. The molecule has 0 saturated carbocycles. The molecule has 140 valence electrons. The van der Waals surface area contributed by atoms with Gasteiger partial charge in [-0.1, -0.05) is 26.8 Å². The molecule has 2 heterocycles. The standard InChI is InChI=1S/C19H32N2O3Si/c1-18(2,3)25(6,7)24-13-15-9-8-14-12-21(11-10-16(14)20-15)19(4,5)17(22)23/h8-9H,10-13H2,1-7H3,(H,22,23). The van der Waals surface area contributed by atoms with Crippen molar-refractivity contribution in [2.24, 2.45) is 0 Å². The van der Waals surface area contributed by atoms with Crippen LogP contribution >= 0.6 is 0 Å². The van der Waals surface area contributed by atoms with Gasteiger partial charge >= 0.3 is 5.97 Å². The molecule has 1 aromatic heterocycles. The first-order valence-electron chi connectivity index (χ1n) is 8.95. The average Bonchev–Trinajstić information content (AvgIpc) is 2.51. The third-order valence-electron chi connectivity index (χ3n) is 5.81. The van der Waals surface area contributed by atoms with Crippen LogP contribution in [-0.2, 0) is 28.8 Å². The first kappa shape index (κ1) is 20.1. The summed E-state index contributed by atoms with van der Waals surface area (Å²) in [4.78, 5) is 18.3. The number of carboxylic acid groups (broad SMARTS) is 1. The van der Waals surface area contributed by atoms with E-state index in [4.69, 9.17) is 9.41 Å². The Balaban J connectivity index is 2.09. The Bertz CT molecular complexity index is 651. The molecule has 5 nitrogen and oxygen atoms in total. The normalized spacial score (nSPS) is 16.6. The molecular weight excluding hydrogens is 332 g/mol. The third kappa shape index (κ3) is 4.30. The lowest BCUT2D eigenvalue weighted by atomic mass is 9.96. The van der Waals surface area contributed by atoms with Crippen molar-refractivity contribution in [3.63, 3.8) is 0 Å². The first-order chi connectivity index (χ1) is 11.3. The minimum atomic E-state index is -1.79. The van der Waals surface area contributed by atoms with E-state index >= 15 is 0 Å². The Morgan fingerprint density at radius 3 is 2.48 bits per heavy atom. The van der Waals surface area contributed by atoms with Crippen molar-refractivity contribution < 1.29 is 14.3 Å². The summed E-state index contributed by atoms with van der Waals surface area (Å²) in [6.07, 6.45) is 0.778. The smallest absolute Gasteiger partial charge is 0.323 e. The minimum absolute atomic E-state index is 0.185. The van der Waals surface area contributed by atoms with E-state index in [1.807, 2.05) is 11.0 Å². The Morgan fingerprint density at radius 1 is 1.28 bits per heavy atom. The van der Waals surface area contributed by atoms with E-state index in [1.54, 1.807) is 13.8 Å². The number of nitrogens with zero attached hydrogens (tertiary/aromatic N) is 2. The molecule has 6 heteroatoms. The predicted octanol–water partition coefficient (Wildman–Crippen LogP) is 3.82. The van der Waals surface area contributed by atoms with Crippen molar-refractivity contribution >= 4 is 14.3 Å². The van der Waals surface area contributed by atoms with Crippen molar-refractivity contribution in [2.45, 2.75) is 77.9 Å². The number of pyridine rings is 1. The van der Waals surface area contributed by atoms with Crippen molar-refractivity contribution in [3.05, 3.63) is 29.1 Å². The molecule has 0 aromatic carbocycles. The molecule has 2 rings (SSSR count). The highest BCUT2D eigenvalue weighted by Gasteiger charge is 2.38. The van der Waals surface area contributed by atoms with Gasteiger partial charge in [0, 0.05) is 25.2 Å². The maximum Gasteiger partial charge on any atom is 0.323 e. The zero-order valence-electron chi connectivity index (χ0n) is 16.6. The number of aliphatic carboxylic acids is 1. The summed E-state index contributed by atoms with van der Waals surface area (Å²) < 4.78 is 6.27. The van der Waals surface area contributed by atoms with Crippen molar-refractivity contribution in [1.29, 1.82) is 0 Å². The number of rotatable bonds is 5. The highest BCUT2D eigenvalue weighted by molar-refractivity contribution is 6.74. The molecule has 0 amide bonds. The largest absolute Gasteiger partial charge is 0.480 e. The number of hydrogen-bond donors (Lipinski definition) is 1. The van der Waals surface area contributed by atoms with Crippen LogP contribution in [0.5, 0.6) is 0 Å². The van der Waals surface area contributed by atoms with Crippen LogP contribution in [0.3, 0.4) is 0 Å². The van der Waals surface area contributed by atoms with E-state index in [1.165, 1.54) is 0 Å². The highest BCUT2D eigenvalue weighted by Crippen LogP contribution is 2.37. The molecule has 0 aliphatic carbocycles. The molecule has 0 spiro atoms. The summed E-state index contributed by atoms with van der Waals surface area (Å²) >= 11 is 0. The highest BCUT2D eigenvalue weighted by atomic mass is 28.4. The van der Waals surface area contributed by atoms with Crippen LogP contribution in [0.2, 0.25) is 18.1 Å². The SMILES string of the molecule is CC(C)(C(=O)O)N1CCc2nc(CO[Si](C)(C)C(C)(C)C)ccc2C1. The Kier molecular flexibility index (Phi) is 5.47. The van der Waals surface area contributed by atoms with Gasteiger partial charge in [-0.3, -0.25) is 14.7 Å². The second kappa shape index (κ2) is 6.82. The fraction of sp³-hybridized carbons (Fsp3) is 0.684. The van der Waals surface area contributed by atoms with Crippen molar-refractivity contribution in [2.75, 3.05) is 6.54 Å². The van der Waals surface area contributed by atoms with E-state index in [0.29, 0.717) is 19.7 Å². The first-order valence-corrected chi connectivity index (χ1v) is 11.9. The molecule has 1 aliphatic rings. The summed E-state index contributed by atoms with van der Waals surface area (Å²) in [5.41, 5.74) is 2.31. The van der Waals surface area contributed by atoms with Crippen LogP contribution in [-0.4, -0.2) is 41.4 Å². The molecule has 25 heavy (non-hydrogen) atoms. The number of fused-ring (bicyclic) bond motifs is 1. The lowest BCUT2D eigenvalue weighted by Gasteiger charge is -2.38. The number of aromatic nitrogens is 1. The van der Waals surface area contributed by atoms with Crippen LogP contribution < -0.4 is 0 Å². The lowest BCUT2D eigenvalue weighted by Crippen LogP contribution is -2.51. The van der Waals surface area contributed by atoms with E-state index in [0.717, 1.165) is 23.4 Å². The van der Waals surface area contributed by atoms with Crippen LogP contribution in [0.15, 0.2) is 12.1 Å². The van der Waals surface area contributed by atoms with E-state index in [-0.39, 0.29) is 5.04 Å². The van der Waals surface area contributed by atoms with Gasteiger partial charge < -0.3 is 9.53 Å². The molecule has 1 N–H and O–H groups in total. The van der Waals surface area contributed by atoms with Gasteiger partial charge in [-0.05, 0) is 43.6 Å². The van der Waals surface area contributed by atoms with Crippen molar-refractivity contribution in [3.8, 4) is 0 Å². The van der Waals surface area contributed by atoms with Gasteiger partial charge in [0.1, 0.15) is 5.54 Å². The molecule has 1 aromatic rings. The molecule has 0 unspecified atom stereocenters. The molecule has 0 atom stereocenters. The van der Waals surface area contributed by atoms with Gasteiger partial charge in [0.15, 0.2) is 8.32 Å². The minimum Gasteiger partial charge on any atom is -0.480 e. The van der Waals surface area contributed by atoms with E-state index < -0.39 is 19.8 Å². The fourth-order valence-corrected chi connectivity index (χ4v) is 3.57. The maximum atomic E-state index is 11.5. The van der Waals surface area contributed by atoms with E-state index in [2.05, 4.69) is 39.9 Å². The summed E-state index contributed by atoms with van der Waals surface area (Å²) in [7, 11) is -1.79. The summed E-state index contributed by atoms with van der Waals surface area (Å²) in [5.74, 6) is -0.789. The van der Waals surface area contributed by atoms with Crippen LogP contribution in [0.1, 0.15) is 51.6 Å². The molecule has 0 fully saturated rings. The average molecular weight is 365 g/mol. The van der Waals surface area contributed by atoms with Gasteiger partial charge in [-0.2, -0.15) is 0 Å². The third-order valence-corrected chi connectivity index (χ3v) is 10.3. The Labute approximate surface area is 152 Å². The predicted molar refractivity (Wildman–Crippen MR) is 102 cm³/mol. The van der Waals surface area contributed by atoms with Gasteiger partial charge in [-0.15, -0.1) is 0 Å². The summed E-state index contributed by atoms with van der Waals surface area (Å²) in [6, 6.07) is 4.10. The topological polar surface area (TPSA) is 62.7 Å². The summed E-state index contributed by atoms with van der Waals surface area (Å²) in [6.45, 7) is 16.6. The Hall–Kier alpha value is -1.24. The second-order valence-corrected chi connectivity index (χ2v) is 13.8. The zero-order valence-corrected chi connectivity index (χ0v) is 17.6. The quantitative estimate of drug-likeness (QED) is 0.805. The molecular formula is C19H32N2O3Si.